The maximum absolute atomic E-state index is 13.1. The van der Waals surface area contributed by atoms with E-state index in [2.05, 4.69) is 49.5 Å². The van der Waals surface area contributed by atoms with E-state index in [1.165, 1.54) is 18.3 Å². The van der Waals surface area contributed by atoms with E-state index in [0.29, 0.717) is 62.3 Å². The number of hydrogen-bond donors (Lipinski definition) is 7. The van der Waals surface area contributed by atoms with Crippen molar-refractivity contribution in [1.82, 2.24) is 36.9 Å². The number of thiol groups is 1. The van der Waals surface area contributed by atoms with Gasteiger partial charge in [0.15, 0.2) is 29.8 Å². The van der Waals surface area contributed by atoms with Crippen LogP contribution in [0.4, 0.5) is 15.3 Å². The molecule has 1 aromatic heterocycles. The van der Waals surface area contributed by atoms with E-state index in [9.17, 15) is 58.1 Å². The molecule has 0 fully saturated rings. The minimum Gasteiger partial charge on any atom is -0.484 e. The van der Waals surface area contributed by atoms with E-state index in [1.54, 1.807) is 152 Å². The highest BCUT2D eigenvalue weighted by atomic mass is 33.1. The van der Waals surface area contributed by atoms with Gasteiger partial charge in [-0.3, -0.25) is 38.9 Å². The molecule has 4 unspecified atom stereocenters. The second kappa shape index (κ2) is 47.8. The van der Waals surface area contributed by atoms with E-state index in [0.717, 1.165) is 21.6 Å². The van der Waals surface area contributed by atoms with Crippen molar-refractivity contribution in [2.75, 3.05) is 77.6 Å². The molecule has 0 saturated heterocycles. The van der Waals surface area contributed by atoms with E-state index in [1.807, 2.05) is 20.8 Å². The highest BCUT2D eigenvalue weighted by Crippen LogP contribution is 2.36. The van der Waals surface area contributed by atoms with Crippen LogP contribution in [0.15, 0.2) is 71.9 Å². The molecule has 6 N–H and O–H groups in total. The molecule has 1 heterocycles. The van der Waals surface area contributed by atoms with Crippen molar-refractivity contribution < 1.29 is 100 Å². The van der Waals surface area contributed by atoms with Crippen LogP contribution in [-0.4, -0.2) is 193 Å². The SMILES string of the molecule is CC(COCCOCC(C)NC(=O)COc1ccc(COC(=O)[C@H](CS)NC(=O)OC(C)(C)C)cc1)CC(=O)C(C)(C)NC(=O)C(C)C.CC(COCCOCC(C)NC(=O)COc1ccc(COC(=O)[C@H](CSSc2ncccc2[N+](=O)[O-])NC(=O)OC(C)(C)C)cc1)CC(=O)C(C)(C)NC(=O)C(C)C. The Kier molecular flexibility index (Phi) is 42.5. The molecule has 30 nitrogen and oxygen atoms in total. The average Bonchev–Trinajstić information content (AvgIpc) is 0.872. The number of ether oxygens (including phenoxy) is 10. The van der Waals surface area contributed by atoms with E-state index in [-0.39, 0.29) is 146 Å². The van der Waals surface area contributed by atoms with Crippen LogP contribution in [0.2, 0.25) is 0 Å². The van der Waals surface area contributed by atoms with E-state index in [4.69, 9.17) is 47.4 Å². The number of pyridine rings is 1. The Bertz CT molecular complexity index is 3280. The van der Waals surface area contributed by atoms with Crippen molar-refractivity contribution in [2.45, 2.75) is 202 Å². The molecule has 0 aliphatic carbocycles. The zero-order chi connectivity index (χ0) is 80.0. The summed E-state index contributed by atoms with van der Waals surface area (Å²) in [4.78, 5) is 139. The van der Waals surface area contributed by atoms with Crippen molar-refractivity contribution in [3.8, 4) is 11.5 Å². The Morgan fingerprint density at radius 2 is 0.906 bits per heavy atom. The number of nitrogens with zero attached hydrogens (tertiary/aromatic N) is 2. The van der Waals surface area contributed by atoms with Crippen LogP contribution in [0.3, 0.4) is 0 Å². The largest absolute Gasteiger partial charge is 0.484 e. The number of nitro groups is 1. The number of alkyl carbamates (subject to hydrolysis) is 2. The van der Waals surface area contributed by atoms with Crippen LogP contribution in [0.1, 0.15) is 149 Å². The Hall–Kier alpha value is -7.82. The van der Waals surface area contributed by atoms with Crippen molar-refractivity contribution in [3.05, 3.63) is 88.1 Å². The molecule has 0 aliphatic rings. The molecule has 6 atom stereocenters. The number of ketones is 2. The fourth-order valence-electron chi connectivity index (χ4n) is 8.51. The number of esters is 2. The summed E-state index contributed by atoms with van der Waals surface area (Å²) in [6.45, 7) is 33.5. The van der Waals surface area contributed by atoms with Crippen LogP contribution in [-0.2, 0) is 89.5 Å². The summed E-state index contributed by atoms with van der Waals surface area (Å²) in [5.41, 5.74) is -2.30. The molecular weight excluding hydrogens is 1440 g/mol. The van der Waals surface area contributed by atoms with Gasteiger partial charge in [0, 0.05) is 73.7 Å². The first-order valence-electron chi connectivity index (χ1n) is 34.8. The summed E-state index contributed by atoms with van der Waals surface area (Å²) in [5.74, 6) is -2.09. The summed E-state index contributed by atoms with van der Waals surface area (Å²) in [6.07, 6.45) is 0.402. The lowest BCUT2D eigenvalue weighted by Crippen LogP contribution is -2.51. The molecule has 0 bridgehead atoms. The van der Waals surface area contributed by atoms with Crippen molar-refractivity contribution in [1.29, 1.82) is 0 Å². The standard InChI is InChI=1S/C39H57N5O12S2.C34H55N3O10S/c1-25(2)34(47)43-39(8,9)32(45)19-26(3)20-52-17-18-53-21-27(4)41-33(46)23-54-29-14-12-28(13-15-29)22-55-36(48)30(42-37(49)56-38(5,6)7)24-57-58-35-31(44(50)51)11-10-16-40-35;1-22(2)30(40)37-34(8,9)28(38)16-23(3)17-43-14-15-44-18-24(4)35-29(39)20-45-26-12-10-25(11-13-26)19-46-31(41)27(21-48)36-32(42)47-33(5,6)7/h10-16,25-27,30H,17-24H2,1-9H3,(H,41,46)(H,42,49)(H,43,47);10-13,22-24,27,48H,14-21H2,1-9H3,(H,35,39)(H,36,42)(H,37,40)/t26?,27?,30-;23?,24?,27-/m00/s1. The van der Waals surface area contributed by atoms with Crippen LogP contribution in [0.5, 0.6) is 11.5 Å². The zero-order valence-corrected chi connectivity index (χ0v) is 67.0. The fourth-order valence-corrected chi connectivity index (χ4v) is 10.9. The van der Waals surface area contributed by atoms with Gasteiger partial charge in [-0.15, -0.1) is 0 Å². The van der Waals surface area contributed by atoms with Gasteiger partial charge >= 0.3 is 29.8 Å². The Balaban J connectivity index is 0.000000734. The maximum atomic E-state index is 13.1. The summed E-state index contributed by atoms with van der Waals surface area (Å²) < 4.78 is 54.9. The average molecular weight is 1550 g/mol. The van der Waals surface area contributed by atoms with Gasteiger partial charge < -0.3 is 79.3 Å². The molecule has 3 rings (SSSR count). The Morgan fingerprint density at radius 3 is 1.27 bits per heavy atom. The van der Waals surface area contributed by atoms with Crippen molar-refractivity contribution >= 4 is 99.2 Å². The van der Waals surface area contributed by atoms with Gasteiger partial charge in [0.25, 0.3) is 11.8 Å². The third-order valence-corrected chi connectivity index (χ3v) is 16.9. The molecule has 2 aromatic carbocycles. The highest BCUT2D eigenvalue weighted by Gasteiger charge is 2.33. The number of hydrogen-bond acceptors (Lipinski definition) is 26. The monoisotopic (exact) mass is 1550 g/mol. The lowest BCUT2D eigenvalue weighted by molar-refractivity contribution is -0.388. The second-order valence-electron chi connectivity index (χ2n) is 28.9. The topological polar surface area (TPSA) is 391 Å². The summed E-state index contributed by atoms with van der Waals surface area (Å²) >= 11 is 4.11. The molecule has 0 spiro atoms. The smallest absolute Gasteiger partial charge is 0.408 e. The minimum absolute atomic E-state index is 0.00380. The molecule has 0 aliphatic heterocycles. The van der Waals surface area contributed by atoms with Gasteiger partial charge in [-0.2, -0.15) is 12.6 Å². The zero-order valence-electron chi connectivity index (χ0n) is 64.4. The third kappa shape index (κ3) is 41.3. The number of nitrogens with one attached hydrogen (secondary N) is 6. The number of aromatic nitrogens is 1. The van der Waals surface area contributed by atoms with Crippen LogP contribution < -0.4 is 41.4 Å². The van der Waals surface area contributed by atoms with E-state index >= 15 is 0 Å². The molecule has 594 valence electrons. The Morgan fingerprint density at radius 1 is 0.528 bits per heavy atom. The normalized spacial score (nSPS) is 13.3. The number of benzene rings is 2. The number of carbonyl (C=O) groups is 10. The highest BCUT2D eigenvalue weighted by molar-refractivity contribution is 8.76. The molecular formula is C73H112N8O22S3. The predicted molar refractivity (Wildman–Crippen MR) is 403 cm³/mol. The molecule has 106 heavy (non-hydrogen) atoms. The first-order chi connectivity index (χ1) is 49.5. The predicted octanol–water partition coefficient (Wildman–Crippen LogP) is 9.05. The van der Waals surface area contributed by atoms with Gasteiger partial charge in [-0.1, -0.05) is 76.6 Å². The molecule has 33 heteroatoms. The van der Waals surface area contributed by atoms with Crippen LogP contribution in [0, 0.1) is 33.8 Å². The van der Waals surface area contributed by atoms with E-state index < -0.39 is 63.4 Å². The molecule has 6 amide bonds. The van der Waals surface area contributed by atoms with Gasteiger partial charge in [0.1, 0.15) is 48.0 Å². The summed E-state index contributed by atoms with van der Waals surface area (Å²) in [6, 6.07) is 13.4. The fraction of sp³-hybridized carbons (Fsp3) is 0.630. The van der Waals surface area contributed by atoms with Gasteiger partial charge in [0.2, 0.25) is 11.8 Å². The summed E-state index contributed by atoms with van der Waals surface area (Å²) in [7, 11) is 2.07. The van der Waals surface area contributed by atoms with Crippen molar-refractivity contribution in [2.24, 2.45) is 23.7 Å². The number of carbonyl (C=O) groups excluding carboxylic acids is 10. The van der Waals surface area contributed by atoms with Crippen LogP contribution in [0.25, 0.3) is 0 Å². The number of Topliss-reactive ketones (excluding diaryl/α,β-unsaturated/α-hetero) is 2. The molecule has 0 radical (unpaired) electrons. The number of rotatable bonds is 46. The second-order valence-corrected chi connectivity index (χ2v) is 31.5. The van der Waals surface area contributed by atoms with Gasteiger partial charge in [-0.25, -0.2) is 24.2 Å². The maximum Gasteiger partial charge on any atom is 0.408 e. The van der Waals surface area contributed by atoms with Crippen molar-refractivity contribution in [3.63, 3.8) is 0 Å². The summed E-state index contributed by atoms with van der Waals surface area (Å²) in [5, 5.41) is 27.6. The lowest BCUT2D eigenvalue weighted by Gasteiger charge is -2.27. The first-order valence-corrected chi connectivity index (χ1v) is 37.8. The third-order valence-electron chi connectivity index (χ3n) is 14.3. The molecule has 0 saturated carbocycles. The first kappa shape index (κ1) is 94.3. The quantitative estimate of drug-likeness (QED) is 0.00527. The Labute approximate surface area is 636 Å². The molecule has 3 aromatic rings. The lowest BCUT2D eigenvalue weighted by atomic mass is 9.91. The van der Waals surface area contributed by atoms with Gasteiger partial charge in [0.05, 0.1) is 55.6 Å². The van der Waals surface area contributed by atoms with Crippen LogP contribution >= 0.6 is 34.2 Å². The van der Waals surface area contributed by atoms with Gasteiger partial charge in [-0.05, 0) is 147 Å². The minimum atomic E-state index is -1.14. The number of amides is 6.